The summed E-state index contributed by atoms with van der Waals surface area (Å²) in [6.07, 6.45) is 7.40. The van der Waals surface area contributed by atoms with Gasteiger partial charge in [-0.15, -0.1) is 18.2 Å². The Labute approximate surface area is 128 Å². The quantitative estimate of drug-likeness (QED) is 0.342. The van der Waals surface area contributed by atoms with E-state index in [-0.39, 0.29) is 17.1 Å². The number of aliphatic hydroxyl groups excluding tert-OH is 1. The van der Waals surface area contributed by atoms with Crippen LogP contribution in [0, 0.1) is 5.92 Å². The summed E-state index contributed by atoms with van der Waals surface area (Å²) in [4.78, 5) is 11.7. The zero-order valence-corrected chi connectivity index (χ0v) is 13.8. The van der Waals surface area contributed by atoms with E-state index in [0.717, 1.165) is 31.3 Å². The summed E-state index contributed by atoms with van der Waals surface area (Å²) in [7, 11) is 0. The number of allylic oxidation sites excluding steroid dienone is 2. The fraction of sp³-hybridized carbons (Fsp3) is 0.706. The topological polar surface area (TPSA) is 37.3 Å². The van der Waals surface area contributed by atoms with E-state index in [0.29, 0.717) is 12.8 Å². The largest absolute Gasteiger partial charge is 0.389 e. The SMILES string of the molecule is C=C(C)CC(Cl)CCC(=O)/C=C/C(O)C(CC)CCC. The number of rotatable bonds is 11. The van der Waals surface area contributed by atoms with Crippen molar-refractivity contribution >= 4 is 17.4 Å². The number of hydrogen-bond acceptors (Lipinski definition) is 2. The molecule has 3 atom stereocenters. The van der Waals surface area contributed by atoms with Crippen molar-refractivity contribution in [3.8, 4) is 0 Å². The lowest BCUT2D eigenvalue weighted by Gasteiger charge is -2.17. The van der Waals surface area contributed by atoms with Gasteiger partial charge in [-0.05, 0) is 38.2 Å². The van der Waals surface area contributed by atoms with Gasteiger partial charge in [-0.3, -0.25) is 4.79 Å². The van der Waals surface area contributed by atoms with Crippen LogP contribution in [0.5, 0.6) is 0 Å². The smallest absolute Gasteiger partial charge is 0.155 e. The first kappa shape index (κ1) is 19.4. The Balaban J connectivity index is 4.11. The van der Waals surface area contributed by atoms with E-state index in [1.54, 1.807) is 6.08 Å². The van der Waals surface area contributed by atoms with Crippen LogP contribution in [-0.4, -0.2) is 22.4 Å². The van der Waals surface area contributed by atoms with Crippen LogP contribution in [0.15, 0.2) is 24.3 Å². The highest BCUT2D eigenvalue weighted by atomic mass is 35.5. The molecule has 0 saturated carbocycles. The molecular weight excluding hydrogens is 272 g/mol. The lowest BCUT2D eigenvalue weighted by atomic mass is 9.94. The number of carbonyl (C=O) groups is 1. The van der Waals surface area contributed by atoms with E-state index in [9.17, 15) is 9.90 Å². The lowest BCUT2D eigenvalue weighted by Crippen LogP contribution is -2.17. The molecule has 116 valence electrons. The molecule has 1 N–H and O–H groups in total. The van der Waals surface area contributed by atoms with Crippen LogP contribution < -0.4 is 0 Å². The van der Waals surface area contributed by atoms with Crippen molar-refractivity contribution in [1.29, 1.82) is 0 Å². The summed E-state index contributed by atoms with van der Waals surface area (Å²) in [5.41, 5.74) is 1.04. The van der Waals surface area contributed by atoms with E-state index in [1.165, 1.54) is 6.08 Å². The summed E-state index contributed by atoms with van der Waals surface area (Å²) >= 11 is 6.11. The van der Waals surface area contributed by atoms with Crippen LogP contribution in [0.25, 0.3) is 0 Å². The van der Waals surface area contributed by atoms with Crippen molar-refractivity contribution < 1.29 is 9.90 Å². The molecule has 3 unspecified atom stereocenters. The van der Waals surface area contributed by atoms with Crippen LogP contribution in [0.2, 0.25) is 0 Å². The van der Waals surface area contributed by atoms with Crippen molar-refractivity contribution in [2.24, 2.45) is 5.92 Å². The number of hydrogen-bond donors (Lipinski definition) is 1. The summed E-state index contributed by atoms with van der Waals surface area (Å²) in [6.45, 7) is 9.92. The molecule has 0 aromatic rings. The second-order valence-electron chi connectivity index (χ2n) is 5.57. The predicted molar refractivity (Wildman–Crippen MR) is 87.1 cm³/mol. The van der Waals surface area contributed by atoms with Crippen molar-refractivity contribution in [2.45, 2.75) is 70.8 Å². The molecule has 0 radical (unpaired) electrons. The molecule has 0 aromatic heterocycles. The van der Waals surface area contributed by atoms with Gasteiger partial charge in [0.25, 0.3) is 0 Å². The van der Waals surface area contributed by atoms with Gasteiger partial charge >= 0.3 is 0 Å². The Morgan fingerprint density at radius 2 is 2.00 bits per heavy atom. The van der Waals surface area contributed by atoms with E-state index in [1.807, 2.05) is 6.92 Å². The van der Waals surface area contributed by atoms with E-state index >= 15 is 0 Å². The second kappa shape index (κ2) is 11.1. The Morgan fingerprint density at radius 1 is 1.35 bits per heavy atom. The highest BCUT2D eigenvalue weighted by Gasteiger charge is 2.14. The molecule has 0 saturated heterocycles. The van der Waals surface area contributed by atoms with Gasteiger partial charge in [0, 0.05) is 11.8 Å². The van der Waals surface area contributed by atoms with Gasteiger partial charge in [-0.1, -0.05) is 38.3 Å². The number of halogens is 1. The van der Waals surface area contributed by atoms with Gasteiger partial charge in [-0.2, -0.15) is 0 Å². The van der Waals surface area contributed by atoms with E-state index in [4.69, 9.17) is 11.6 Å². The third kappa shape index (κ3) is 9.33. The monoisotopic (exact) mass is 300 g/mol. The average molecular weight is 301 g/mol. The Hall–Kier alpha value is -0.600. The van der Waals surface area contributed by atoms with Crippen LogP contribution in [0.4, 0.5) is 0 Å². The number of alkyl halides is 1. The molecule has 0 aliphatic heterocycles. The molecule has 0 heterocycles. The van der Waals surface area contributed by atoms with Crippen molar-refractivity contribution in [2.75, 3.05) is 0 Å². The number of ketones is 1. The molecule has 0 aliphatic carbocycles. The van der Waals surface area contributed by atoms with Gasteiger partial charge in [0.1, 0.15) is 0 Å². The molecular formula is C17H29ClO2. The van der Waals surface area contributed by atoms with Gasteiger partial charge in [0.05, 0.1) is 6.10 Å². The number of carbonyl (C=O) groups excluding carboxylic acids is 1. The van der Waals surface area contributed by atoms with Crippen LogP contribution >= 0.6 is 11.6 Å². The fourth-order valence-corrected chi connectivity index (χ4v) is 2.59. The molecule has 0 fully saturated rings. The second-order valence-corrected chi connectivity index (χ2v) is 6.19. The maximum absolute atomic E-state index is 11.7. The van der Waals surface area contributed by atoms with E-state index in [2.05, 4.69) is 20.4 Å². The van der Waals surface area contributed by atoms with Crippen LogP contribution in [0.1, 0.15) is 59.3 Å². The summed E-state index contributed by atoms with van der Waals surface area (Å²) in [5, 5.41) is 9.98. The van der Waals surface area contributed by atoms with E-state index < -0.39 is 6.10 Å². The third-order valence-electron chi connectivity index (χ3n) is 3.42. The molecule has 0 aliphatic rings. The predicted octanol–water partition coefficient (Wildman–Crippen LogP) is 4.65. The summed E-state index contributed by atoms with van der Waals surface area (Å²) in [5.74, 6) is 0.274. The van der Waals surface area contributed by atoms with Gasteiger partial charge in [-0.25, -0.2) is 0 Å². The number of aliphatic hydroxyl groups is 1. The maximum atomic E-state index is 11.7. The molecule has 2 nitrogen and oxygen atoms in total. The zero-order chi connectivity index (χ0) is 15.5. The Kier molecular flexibility index (Phi) is 10.8. The van der Waals surface area contributed by atoms with Crippen molar-refractivity contribution in [1.82, 2.24) is 0 Å². The van der Waals surface area contributed by atoms with Crippen molar-refractivity contribution in [3.05, 3.63) is 24.3 Å². The fourth-order valence-electron chi connectivity index (χ4n) is 2.21. The van der Waals surface area contributed by atoms with Crippen LogP contribution in [-0.2, 0) is 4.79 Å². The standard InChI is InChI=1S/C17H29ClO2/c1-5-7-14(6-2)17(20)11-10-16(19)9-8-15(18)12-13(3)4/h10-11,14-15,17,20H,3,5-9,12H2,1-2,4H3/b11-10+. The molecule has 0 rings (SSSR count). The highest BCUT2D eigenvalue weighted by Crippen LogP contribution is 2.17. The maximum Gasteiger partial charge on any atom is 0.155 e. The zero-order valence-electron chi connectivity index (χ0n) is 13.1. The van der Waals surface area contributed by atoms with Crippen LogP contribution in [0.3, 0.4) is 0 Å². The minimum absolute atomic E-state index is 0.0294. The molecule has 0 amide bonds. The van der Waals surface area contributed by atoms with Gasteiger partial charge in [0.2, 0.25) is 0 Å². The molecule has 0 spiro atoms. The third-order valence-corrected chi connectivity index (χ3v) is 3.79. The lowest BCUT2D eigenvalue weighted by molar-refractivity contribution is -0.114. The summed E-state index contributed by atoms with van der Waals surface area (Å²) < 4.78 is 0. The summed E-state index contributed by atoms with van der Waals surface area (Å²) in [6, 6.07) is 0. The van der Waals surface area contributed by atoms with Crippen molar-refractivity contribution in [3.63, 3.8) is 0 Å². The average Bonchev–Trinajstić information content (AvgIpc) is 2.39. The van der Waals surface area contributed by atoms with Gasteiger partial charge < -0.3 is 5.11 Å². The first-order chi connectivity index (χ1) is 9.40. The molecule has 20 heavy (non-hydrogen) atoms. The Morgan fingerprint density at radius 3 is 2.50 bits per heavy atom. The molecule has 0 bridgehead atoms. The first-order valence-electron chi connectivity index (χ1n) is 7.58. The first-order valence-corrected chi connectivity index (χ1v) is 8.01. The minimum Gasteiger partial charge on any atom is -0.389 e. The minimum atomic E-state index is -0.522. The highest BCUT2D eigenvalue weighted by molar-refractivity contribution is 6.20. The Bertz CT molecular complexity index is 323. The molecule has 0 aromatic carbocycles. The van der Waals surface area contributed by atoms with Gasteiger partial charge in [0.15, 0.2) is 5.78 Å². The normalized spacial score (nSPS) is 16.1. The molecule has 3 heteroatoms.